The highest BCUT2D eigenvalue weighted by Crippen LogP contribution is 2.53. The maximum Gasteiger partial charge on any atom is 0.240 e. The van der Waals surface area contributed by atoms with Gasteiger partial charge < -0.3 is 0 Å². The molecule has 0 radical (unpaired) electrons. The van der Waals surface area contributed by atoms with Crippen molar-refractivity contribution in [1.82, 2.24) is 5.01 Å². The molecule has 0 bridgehead atoms. The van der Waals surface area contributed by atoms with Gasteiger partial charge in [-0.05, 0) is 47.5 Å². The van der Waals surface area contributed by atoms with Crippen LogP contribution in [0, 0.1) is 11.8 Å². The topological polar surface area (TPSA) is 70.0 Å². The smallest absolute Gasteiger partial charge is 0.240 e. The Labute approximate surface area is 195 Å². The molecule has 2 fully saturated rings. The number of nitrogens with zero attached hydrogens (tertiary/aromatic N) is 3. The van der Waals surface area contributed by atoms with Crippen LogP contribution in [0.2, 0.25) is 5.02 Å². The summed E-state index contributed by atoms with van der Waals surface area (Å²) in [7, 11) is 0. The summed E-state index contributed by atoms with van der Waals surface area (Å²) in [6, 6.07) is 21.7. The lowest BCUT2D eigenvalue weighted by atomic mass is 9.83. The predicted molar refractivity (Wildman–Crippen MR) is 124 cm³/mol. The number of fused-ring (bicyclic) bond motifs is 5. The van der Waals surface area contributed by atoms with E-state index in [0.717, 1.165) is 11.1 Å². The Hall–Kier alpha value is -3.77. The van der Waals surface area contributed by atoms with Crippen molar-refractivity contribution in [2.24, 2.45) is 16.9 Å². The zero-order chi connectivity index (χ0) is 22.7. The SMILES string of the molecule is O=C(c1ccc(Cl)cc1)[C@@H]1[C@@H]2C(=O)N(c3ccccc3)C(=O)[C@H]2[C@H]2c3ccccc3C=NN12. The maximum absolute atomic E-state index is 13.7. The van der Waals surface area contributed by atoms with Crippen molar-refractivity contribution in [3.05, 3.63) is 101 Å². The number of rotatable bonds is 3. The van der Waals surface area contributed by atoms with Gasteiger partial charge in [-0.1, -0.05) is 54.1 Å². The van der Waals surface area contributed by atoms with E-state index in [2.05, 4.69) is 5.10 Å². The zero-order valence-electron chi connectivity index (χ0n) is 17.3. The molecule has 7 heteroatoms. The lowest BCUT2D eigenvalue weighted by Gasteiger charge is -2.33. The lowest BCUT2D eigenvalue weighted by molar-refractivity contribution is -0.124. The molecule has 0 saturated carbocycles. The molecule has 0 aromatic heterocycles. The molecule has 3 heterocycles. The molecule has 6 rings (SSSR count). The van der Waals surface area contributed by atoms with Crippen LogP contribution in [0.25, 0.3) is 0 Å². The first-order valence-electron chi connectivity index (χ1n) is 10.7. The monoisotopic (exact) mass is 455 g/mol. The van der Waals surface area contributed by atoms with Crippen LogP contribution in [-0.2, 0) is 9.59 Å². The lowest BCUT2D eigenvalue weighted by Crippen LogP contribution is -2.44. The fraction of sp³-hybridized carbons (Fsp3) is 0.154. The molecule has 3 aromatic carbocycles. The molecule has 0 N–H and O–H groups in total. The number of hydrazone groups is 1. The van der Waals surface area contributed by atoms with Crippen LogP contribution in [0.5, 0.6) is 0 Å². The summed E-state index contributed by atoms with van der Waals surface area (Å²) in [6.07, 6.45) is 1.69. The highest BCUT2D eigenvalue weighted by atomic mass is 35.5. The second-order valence-electron chi connectivity index (χ2n) is 8.41. The second-order valence-corrected chi connectivity index (χ2v) is 8.85. The van der Waals surface area contributed by atoms with Crippen LogP contribution in [0.3, 0.4) is 0 Å². The number of imide groups is 1. The first-order chi connectivity index (χ1) is 16.1. The number of carbonyl (C=O) groups excluding carboxylic acids is 3. The number of anilines is 1. The number of ketones is 1. The molecule has 3 aliphatic heterocycles. The van der Waals surface area contributed by atoms with E-state index in [1.165, 1.54) is 4.90 Å². The standard InChI is InChI=1S/C26H18ClN3O3/c27-17-12-10-15(11-13-17)24(31)23-21-20(22-19-9-5-4-6-16(19)14-28-30(22)23)25(32)29(26(21)33)18-7-2-1-3-8-18/h1-14,20-23H/t20-,21-,22-,23+/m1/s1. The summed E-state index contributed by atoms with van der Waals surface area (Å²) in [5.41, 5.74) is 2.72. The predicted octanol–water partition coefficient (Wildman–Crippen LogP) is 4.10. The molecule has 0 unspecified atom stereocenters. The average molecular weight is 456 g/mol. The van der Waals surface area contributed by atoms with Crippen molar-refractivity contribution in [3.8, 4) is 0 Å². The summed E-state index contributed by atoms with van der Waals surface area (Å²) in [5.74, 6) is -2.47. The number of benzene rings is 3. The largest absolute Gasteiger partial charge is 0.292 e. The average Bonchev–Trinajstić information content (AvgIpc) is 3.32. The minimum atomic E-state index is -0.893. The molecule has 3 aromatic rings. The third-order valence-electron chi connectivity index (χ3n) is 6.70. The van der Waals surface area contributed by atoms with Crippen molar-refractivity contribution >= 4 is 41.1 Å². The number of amides is 2. The van der Waals surface area contributed by atoms with Gasteiger partial charge in [0.05, 0.1) is 29.8 Å². The Morgan fingerprint density at radius 1 is 0.818 bits per heavy atom. The molecule has 4 atom stereocenters. The molecule has 33 heavy (non-hydrogen) atoms. The minimum absolute atomic E-state index is 0.253. The Kier molecular flexibility index (Phi) is 4.45. The fourth-order valence-corrected chi connectivity index (χ4v) is 5.41. The van der Waals surface area contributed by atoms with E-state index in [4.69, 9.17) is 11.6 Å². The summed E-state index contributed by atoms with van der Waals surface area (Å²) in [6.45, 7) is 0. The van der Waals surface area contributed by atoms with E-state index < -0.39 is 23.9 Å². The maximum atomic E-state index is 13.7. The molecule has 2 saturated heterocycles. The van der Waals surface area contributed by atoms with Gasteiger partial charge in [-0.25, -0.2) is 4.90 Å². The van der Waals surface area contributed by atoms with Gasteiger partial charge in [0.15, 0.2) is 5.78 Å². The summed E-state index contributed by atoms with van der Waals surface area (Å²) in [4.78, 5) is 42.4. The first-order valence-corrected chi connectivity index (χ1v) is 11.1. The zero-order valence-corrected chi connectivity index (χ0v) is 18.1. The van der Waals surface area contributed by atoms with E-state index in [-0.39, 0.29) is 17.6 Å². The van der Waals surface area contributed by atoms with Gasteiger partial charge in [-0.15, -0.1) is 0 Å². The van der Waals surface area contributed by atoms with Gasteiger partial charge in [0.2, 0.25) is 11.8 Å². The molecule has 162 valence electrons. The van der Waals surface area contributed by atoms with Crippen LogP contribution in [0.15, 0.2) is 84.0 Å². The Bertz CT molecular complexity index is 1320. The molecule has 2 amide bonds. The van der Waals surface area contributed by atoms with Crippen molar-refractivity contribution in [1.29, 1.82) is 0 Å². The molecule has 6 nitrogen and oxygen atoms in total. The second kappa shape index (κ2) is 7.39. The number of hydrogen-bond donors (Lipinski definition) is 0. The van der Waals surface area contributed by atoms with E-state index in [1.807, 2.05) is 30.3 Å². The van der Waals surface area contributed by atoms with Gasteiger partial charge >= 0.3 is 0 Å². The Morgan fingerprint density at radius 3 is 2.24 bits per heavy atom. The van der Waals surface area contributed by atoms with E-state index in [0.29, 0.717) is 16.3 Å². The Morgan fingerprint density at radius 2 is 1.48 bits per heavy atom. The van der Waals surface area contributed by atoms with Gasteiger partial charge in [0.1, 0.15) is 6.04 Å². The summed E-state index contributed by atoms with van der Waals surface area (Å²) < 4.78 is 0. The molecular weight excluding hydrogens is 438 g/mol. The van der Waals surface area contributed by atoms with Crippen molar-refractivity contribution < 1.29 is 14.4 Å². The van der Waals surface area contributed by atoms with Gasteiger partial charge in [-0.2, -0.15) is 5.10 Å². The minimum Gasteiger partial charge on any atom is -0.292 e. The van der Waals surface area contributed by atoms with E-state index >= 15 is 0 Å². The van der Waals surface area contributed by atoms with E-state index in [9.17, 15) is 14.4 Å². The van der Waals surface area contributed by atoms with E-state index in [1.54, 1.807) is 59.8 Å². The van der Waals surface area contributed by atoms with Gasteiger partial charge in [0, 0.05) is 10.6 Å². The van der Waals surface area contributed by atoms with Crippen LogP contribution in [-0.4, -0.2) is 34.9 Å². The summed E-state index contributed by atoms with van der Waals surface area (Å²) >= 11 is 6.01. The molecular formula is C26H18ClN3O3. The highest BCUT2D eigenvalue weighted by molar-refractivity contribution is 6.30. The van der Waals surface area contributed by atoms with Crippen molar-refractivity contribution in [2.45, 2.75) is 12.1 Å². The number of hydrogen-bond acceptors (Lipinski definition) is 5. The normalized spacial score (nSPS) is 25.1. The van der Waals surface area contributed by atoms with Crippen molar-refractivity contribution in [3.63, 3.8) is 0 Å². The van der Waals surface area contributed by atoms with Crippen LogP contribution >= 0.6 is 11.6 Å². The van der Waals surface area contributed by atoms with Crippen LogP contribution < -0.4 is 4.90 Å². The highest BCUT2D eigenvalue weighted by Gasteiger charge is 2.65. The third kappa shape index (κ3) is 2.87. The van der Waals surface area contributed by atoms with Gasteiger partial charge in [0.25, 0.3) is 0 Å². The molecule has 0 spiro atoms. The Balaban J connectivity index is 1.50. The van der Waals surface area contributed by atoms with Gasteiger partial charge in [-0.3, -0.25) is 19.4 Å². The number of para-hydroxylation sites is 1. The van der Waals surface area contributed by atoms with Crippen molar-refractivity contribution in [2.75, 3.05) is 4.90 Å². The summed E-state index contributed by atoms with van der Waals surface area (Å²) in [5, 5.41) is 6.74. The third-order valence-corrected chi connectivity index (χ3v) is 6.96. The number of carbonyl (C=O) groups is 3. The fourth-order valence-electron chi connectivity index (χ4n) is 5.28. The quantitative estimate of drug-likeness (QED) is 0.440. The van der Waals surface area contributed by atoms with Crippen LogP contribution in [0.1, 0.15) is 27.5 Å². The van der Waals surface area contributed by atoms with Crippen LogP contribution in [0.4, 0.5) is 5.69 Å². The first kappa shape index (κ1) is 19.9. The number of halogens is 1. The molecule has 3 aliphatic rings. The number of Topliss-reactive ketones (excluding diaryl/α,β-unsaturated/α-hetero) is 1. The molecule has 0 aliphatic carbocycles.